The molecule has 1 unspecified atom stereocenters. The average Bonchev–Trinajstić information content (AvgIpc) is 1.87. The number of carbonyl (C=O) groups excluding carboxylic acids is 1. The monoisotopic (exact) mass is 149 g/mol. The van der Waals surface area contributed by atoms with E-state index in [1.54, 1.807) is 13.8 Å². The number of nitrogens with two attached hydrogens (primary N) is 1. The van der Waals surface area contributed by atoms with Crippen LogP contribution in [0.5, 0.6) is 0 Å². The predicted octanol–water partition coefficient (Wildman–Crippen LogP) is 0.545. The predicted molar refractivity (Wildman–Crippen MR) is 37.9 cm³/mol. The van der Waals surface area contributed by atoms with Gasteiger partial charge >= 0.3 is 5.97 Å². The minimum Gasteiger partial charge on any atom is -0.465 e. The van der Waals surface area contributed by atoms with Gasteiger partial charge in [0.15, 0.2) is 0 Å². The van der Waals surface area contributed by atoms with Crippen molar-refractivity contribution in [3.05, 3.63) is 0 Å². The summed E-state index contributed by atoms with van der Waals surface area (Å²) in [5.41, 5.74) is 0. The number of ether oxygens (including phenoxy) is 1. The highest BCUT2D eigenvalue weighted by Crippen LogP contribution is 2.02. The van der Waals surface area contributed by atoms with Crippen LogP contribution in [0, 0.1) is 0 Å². The average molecular weight is 149 g/mol. The molecule has 0 aliphatic heterocycles. The lowest BCUT2D eigenvalue weighted by atomic mass is 10.5. The standard InChI is InChI=1S/C5H11NO2S/c1-3-8-5(7)4(2)9-6/h4H,3,6H2,1-2H3. The molecule has 0 saturated heterocycles. The third kappa shape index (κ3) is 3.37. The smallest absolute Gasteiger partial charge is 0.320 e. The highest BCUT2D eigenvalue weighted by Gasteiger charge is 2.11. The minimum absolute atomic E-state index is 0.245. The maximum absolute atomic E-state index is 10.7. The zero-order valence-electron chi connectivity index (χ0n) is 5.59. The van der Waals surface area contributed by atoms with Crippen LogP contribution < -0.4 is 5.14 Å². The minimum atomic E-state index is -0.245. The Morgan fingerprint density at radius 1 is 1.89 bits per heavy atom. The van der Waals surface area contributed by atoms with Crippen molar-refractivity contribution in [2.24, 2.45) is 5.14 Å². The third-order valence-corrected chi connectivity index (χ3v) is 1.42. The van der Waals surface area contributed by atoms with Crippen LogP contribution in [0.15, 0.2) is 0 Å². The molecule has 3 nitrogen and oxygen atoms in total. The van der Waals surface area contributed by atoms with Crippen molar-refractivity contribution in [1.82, 2.24) is 0 Å². The summed E-state index contributed by atoms with van der Waals surface area (Å²) >= 11 is 0.998. The summed E-state index contributed by atoms with van der Waals surface area (Å²) < 4.78 is 4.65. The molecule has 0 bridgehead atoms. The molecule has 0 radical (unpaired) electrons. The van der Waals surface area contributed by atoms with E-state index in [2.05, 4.69) is 4.74 Å². The van der Waals surface area contributed by atoms with Crippen molar-refractivity contribution in [1.29, 1.82) is 0 Å². The lowest BCUT2D eigenvalue weighted by Crippen LogP contribution is -2.18. The maximum atomic E-state index is 10.7. The van der Waals surface area contributed by atoms with Crippen LogP contribution in [-0.4, -0.2) is 17.8 Å². The molecule has 0 aliphatic rings. The van der Waals surface area contributed by atoms with Crippen LogP contribution >= 0.6 is 11.9 Å². The van der Waals surface area contributed by atoms with E-state index in [4.69, 9.17) is 5.14 Å². The van der Waals surface area contributed by atoms with Gasteiger partial charge in [0.05, 0.1) is 6.61 Å². The molecule has 4 heteroatoms. The van der Waals surface area contributed by atoms with Gasteiger partial charge < -0.3 is 4.74 Å². The fraction of sp³-hybridized carbons (Fsp3) is 0.800. The topological polar surface area (TPSA) is 52.3 Å². The summed E-state index contributed by atoms with van der Waals surface area (Å²) in [7, 11) is 0. The van der Waals surface area contributed by atoms with E-state index in [1.165, 1.54) is 0 Å². The fourth-order valence-corrected chi connectivity index (χ4v) is 0.494. The second kappa shape index (κ2) is 4.64. The van der Waals surface area contributed by atoms with Crippen molar-refractivity contribution in [3.63, 3.8) is 0 Å². The Labute approximate surface area is 59.1 Å². The quantitative estimate of drug-likeness (QED) is 0.470. The lowest BCUT2D eigenvalue weighted by Gasteiger charge is -2.04. The van der Waals surface area contributed by atoms with Gasteiger partial charge in [0, 0.05) is 0 Å². The second-order valence-corrected chi connectivity index (χ2v) is 2.51. The number of carbonyl (C=O) groups is 1. The highest BCUT2D eigenvalue weighted by molar-refractivity contribution is 7.98. The Balaban J connectivity index is 3.46. The molecule has 0 rings (SSSR count). The van der Waals surface area contributed by atoms with Crippen molar-refractivity contribution in [2.45, 2.75) is 19.1 Å². The Morgan fingerprint density at radius 3 is 2.78 bits per heavy atom. The molecule has 0 aromatic rings. The molecular weight excluding hydrogens is 138 g/mol. The number of rotatable bonds is 3. The summed E-state index contributed by atoms with van der Waals surface area (Å²) in [5, 5.41) is 4.87. The van der Waals surface area contributed by atoms with Gasteiger partial charge in [-0.2, -0.15) is 0 Å². The summed E-state index contributed by atoms with van der Waals surface area (Å²) in [6.07, 6.45) is 0. The van der Waals surface area contributed by atoms with Gasteiger partial charge in [0.25, 0.3) is 0 Å². The number of esters is 1. The summed E-state index contributed by atoms with van der Waals surface area (Å²) in [6.45, 7) is 3.90. The van der Waals surface area contributed by atoms with Crippen LogP contribution in [-0.2, 0) is 9.53 Å². The number of hydrogen-bond donors (Lipinski definition) is 1. The zero-order valence-corrected chi connectivity index (χ0v) is 6.40. The molecule has 0 heterocycles. The van der Waals surface area contributed by atoms with Crippen molar-refractivity contribution >= 4 is 17.9 Å². The van der Waals surface area contributed by atoms with E-state index in [0.29, 0.717) is 6.61 Å². The fourth-order valence-electron chi connectivity index (χ4n) is 0.315. The van der Waals surface area contributed by atoms with Crippen molar-refractivity contribution < 1.29 is 9.53 Å². The van der Waals surface area contributed by atoms with E-state index in [9.17, 15) is 4.79 Å². The van der Waals surface area contributed by atoms with E-state index < -0.39 is 0 Å². The molecule has 0 aromatic heterocycles. The second-order valence-electron chi connectivity index (χ2n) is 1.53. The largest absolute Gasteiger partial charge is 0.465 e. The molecule has 0 amide bonds. The van der Waals surface area contributed by atoms with Crippen LogP contribution in [0.4, 0.5) is 0 Å². The number of hydrogen-bond acceptors (Lipinski definition) is 4. The first-order valence-electron chi connectivity index (χ1n) is 2.74. The van der Waals surface area contributed by atoms with E-state index in [-0.39, 0.29) is 11.2 Å². The molecule has 9 heavy (non-hydrogen) atoms. The summed E-state index contributed by atoms with van der Waals surface area (Å²) in [6, 6.07) is 0. The van der Waals surface area contributed by atoms with E-state index in [1.807, 2.05) is 0 Å². The highest BCUT2D eigenvalue weighted by atomic mass is 32.2. The SMILES string of the molecule is CCOC(=O)C(C)SN. The normalized spacial score (nSPS) is 12.8. The van der Waals surface area contributed by atoms with Crippen LogP contribution in [0.1, 0.15) is 13.8 Å². The summed E-state index contributed by atoms with van der Waals surface area (Å²) in [5.74, 6) is -0.245. The molecule has 2 N–H and O–H groups in total. The van der Waals surface area contributed by atoms with Crippen molar-refractivity contribution in [2.75, 3.05) is 6.61 Å². The Hall–Kier alpha value is -0.220. The molecule has 0 saturated carbocycles. The molecule has 0 aliphatic carbocycles. The third-order valence-electron chi connectivity index (χ3n) is 0.823. The van der Waals surface area contributed by atoms with E-state index >= 15 is 0 Å². The van der Waals surface area contributed by atoms with Crippen molar-refractivity contribution in [3.8, 4) is 0 Å². The first-order chi connectivity index (χ1) is 4.22. The van der Waals surface area contributed by atoms with Gasteiger partial charge in [-0.25, -0.2) is 0 Å². The Kier molecular flexibility index (Phi) is 4.53. The van der Waals surface area contributed by atoms with Gasteiger partial charge in [0.1, 0.15) is 5.25 Å². The van der Waals surface area contributed by atoms with Gasteiger partial charge in [0.2, 0.25) is 0 Å². The van der Waals surface area contributed by atoms with Gasteiger partial charge in [-0.05, 0) is 13.8 Å². The molecule has 54 valence electrons. The first kappa shape index (κ1) is 8.78. The molecule has 1 atom stereocenters. The van der Waals surface area contributed by atoms with E-state index in [0.717, 1.165) is 11.9 Å². The Morgan fingerprint density at radius 2 is 2.44 bits per heavy atom. The first-order valence-corrected chi connectivity index (χ1v) is 3.68. The maximum Gasteiger partial charge on any atom is 0.320 e. The summed E-state index contributed by atoms with van der Waals surface area (Å²) in [4.78, 5) is 10.7. The molecule has 0 spiro atoms. The van der Waals surface area contributed by atoms with Crippen LogP contribution in [0.25, 0.3) is 0 Å². The zero-order chi connectivity index (χ0) is 7.28. The molecule has 0 aromatic carbocycles. The van der Waals surface area contributed by atoms with Gasteiger partial charge in [-0.3, -0.25) is 9.93 Å². The van der Waals surface area contributed by atoms with Crippen LogP contribution in [0.3, 0.4) is 0 Å². The molecular formula is C5H11NO2S. The molecule has 0 fully saturated rings. The van der Waals surface area contributed by atoms with Crippen LogP contribution in [0.2, 0.25) is 0 Å². The lowest BCUT2D eigenvalue weighted by molar-refractivity contribution is -0.142. The Bertz CT molecular complexity index is 97.0. The van der Waals surface area contributed by atoms with Gasteiger partial charge in [-0.15, -0.1) is 0 Å². The van der Waals surface area contributed by atoms with Gasteiger partial charge in [-0.1, -0.05) is 11.9 Å².